The third-order valence-electron chi connectivity index (χ3n) is 11.2. The van der Waals surface area contributed by atoms with Crippen LogP contribution in [0.1, 0.15) is 135 Å². The summed E-state index contributed by atoms with van der Waals surface area (Å²) in [6, 6.07) is 0. The van der Waals surface area contributed by atoms with Crippen LogP contribution >= 0.6 is 0 Å². The van der Waals surface area contributed by atoms with Crippen LogP contribution in [-0.4, -0.2) is 6.18 Å². The number of halogens is 4. The minimum atomic E-state index is -4.54. The molecule has 4 aliphatic rings. The summed E-state index contributed by atoms with van der Waals surface area (Å²) in [6.07, 6.45) is 21.1. The van der Waals surface area contributed by atoms with Crippen molar-refractivity contribution in [2.45, 2.75) is 142 Å². The third-order valence-corrected chi connectivity index (χ3v) is 11.2. The van der Waals surface area contributed by atoms with Crippen LogP contribution in [0.15, 0.2) is 11.9 Å². The monoisotopic (exact) mass is 512 g/mol. The van der Waals surface area contributed by atoms with Crippen LogP contribution in [0.25, 0.3) is 0 Å². The van der Waals surface area contributed by atoms with E-state index in [0.29, 0.717) is 18.8 Å². The normalized spacial score (nSPS) is 39.2. The molecule has 0 nitrogen and oxygen atoms in total. The Labute approximate surface area is 218 Å². The topological polar surface area (TPSA) is 0 Å². The second-order valence-electron chi connectivity index (χ2n) is 13.3. The van der Waals surface area contributed by atoms with E-state index in [1.54, 1.807) is 0 Å². The zero-order chi connectivity index (χ0) is 25.5. The predicted octanol–water partition coefficient (Wildman–Crippen LogP) is 11.2. The molecule has 0 spiro atoms. The standard InChI is InChI=1S/C32H52F4/c1-2-3-4-5-23-6-8-24(9-7-23)25-10-12-26(13-11-25)27-14-16-28(17-15-27)29-18-20-30(21-19-29)31(33)22-32(34,35)36/h22-30H,2-21H2,1H3/b31-22-. The smallest absolute Gasteiger partial charge is 0.212 e. The van der Waals surface area contributed by atoms with Crippen molar-refractivity contribution in [2.24, 2.45) is 47.3 Å². The van der Waals surface area contributed by atoms with E-state index in [1.807, 2.05) is 0 Å². The molecule has 0 amide bonds. The van der Waals surface area contributed by atoms with Crippen molar-refractivity contribution in [1.29, 1.82) is 0 Å². The fraction of sp³-hybridized carbons (Fsp3) is 0.938. The van der Waals surface area contributed by atoms with Crippen molar-refractivity contribution in [1.82, 2.24) is 0 Å². The lowest BCUT2D eigenvalue weighted by atomic mass is 9.63. The fourth-order valence-electron chi connectivity index (χ4n) is 8.95. The Morgan fingerprint density at radius 2 is 0.944 bits per heavy atom. The lowest BCUT2D eigenvalue weighted by Gasteiger charge is -2.43. The number of hydrogen-bond acceptors (Lipinski definition) is 0. The minimum absolute atomic E-state index is 0.114. The molecule has 208 valence electrons. The summed E-state index contributed by atoms with van der Waals surface area (Å²) in [7, 11) is 0. The number of hydrogen-bond donors (Lipinski definition) is 0. The van der Waals surface area contributed by atoms with Gasteiger partial charge >= 0.3 is 6.18 Å². The first kappa shape index (κ1) is 28.5. The Kier molecular flexibility index (Phi) is 10.7. The molecule has 4 rings (SSSR count). The van der Waals surface area contributed by atoms with Crippen LogP contribution in [0.2, 0.25) is 0 Å². The molecule has 4 heteroatoms. The van der Waals surface area contributed by atoms with Gasteiger partial charge in [0, 0.05) is 5.92 Å². The van der Waals surface area contributed by atoms with Crippen LogP contribution in [-0.2, 0) is 0 Å². The number of unbranched alkanes of at least 4 members (excludes halogenated alkanes) is 2. The lowest BCUT2D eigenvalue weighted by molar-refractivity contribution is -0.0821. The van der Waals surface area contributed by atoms with Crippen molar-refractivity contribution >= 4 is 0 Å². The van der Waals surface area contributed by atoms with Crippen LogP contribution in [0.4, 0.5) is 17.6 Å². The second-order valence-corrected chi connectivity index (χ2v) is 13.3. The van der Waals surface area contributed by atoms with E-state index in [0.717, 1.165) is 48.3 Å². The third kappa shape index (κ3) is 8.23. The second kappa shape index (κ2) is 13.5. The van der Waals surface area contributed by atoms with E-state index < -0.39 is 17.9 Å². The molecular formula is C32H52F4. The van der Waals surface area contributed by atoms with Crippen molar-refractivity contribution < 1.29 is 17.6 Å². The molecule has 0 saturated heterocycles. The molecule has 36 heavy (non-hydrogen) atoms. The molecule has 0 aliphatic heterocycles. The summed E-state index contributed by atoms with van der Waals surface area (Å²) < 4.78 is 51.4. The molecular weight excluding hydrogens is 460 g/mol. The lowest BCUT2D eigenvalue weighted by Crippen LogP contribution is -2.31. The highest BCUT2D eigenvalue weighted by Gasteiger charge is 2.37. The number of rotatable bonds is 8. The van der Waals surface area contributed by atoms with Gasteiger partial charge in [0.15, 0.2) is 0 Å². The molecule has 4 aliphatic carbocycles. The van der Waals surface area contributed by atoms with Gasteiger partial charge in [-0.25, -0.2) is 4.39 Å². The van der Waals surface area contributed by atoms with Gasteiger partial charge in [-0.2, -0.15) is 13.2 Å². The molecule has 0 aromatic rings. The summed E-state index contributed by atoms with van der Waals surface area (Å²) in [5.74, 6) is 4.74. The zero-order valence-electron chi connectivity index (χ0n) is 22.9. The maximum Gasteiger partial charge on any atom is 0.412 e. The maximum absolute atomic E-state index is 14.0. The fourth-order valence-corrected chi connectivity index (χ4v) is 8.95. The van der Waals surface area contributed by atoms with Crippen LogP contribution in [0, 0.1) is 47.3 Å². The van der Waals surface area contributed by atoms with Gasteiger partial charge in [0.05, 0.1) is 6.08 Å². The quantitative estimate of drug-likeness (QED) is 0.224. The van der Waals surface area contributed by atoms with Gasteiger partial charge in [0.2, 0.25) is 0 Å². The Morgan fingerprint density at radius 1 is 0.583 bits per heavy atom. The van der Waals surface area contributed by atoms with Crippen molar-refractivity contribution in [3.63, 3.8) is 0 Å². The molecule has 0 bridgehead atoms. The van der Waals surface area contributed by atoms with Gasteiger partial charge in [-0.1, -0.05) is 45.4 Å². The van der Waals surface area contributed by atoms with Crippen molar-refractivity contribution in [3.8, 4) is 0 Å². The van der Waals surface area contributed by atoms with E-state index in [1.165, 1.54) is 103 Å². The molecule has 0 aromatic heterocycles. The highest BCUT2D eigenvalue weighted by molar-refractivity contribution is 5.03. The van der Waals surface area contributed by atoms with Crippen LogP contribution in [0.3, 0.4) is 0 Å². The summed E-state index contributed by atoms with van der Waals surface area (Å²) in [5, 5.41) is 0. The SMILES string of the molecule is CCCCCC1CCC(C2CCC(C3CCC(C4CCC(/C(F)=C/C(F)(F)F)CC4)CC3)CC2)CC1. The first-order chi connectivity index (χ1) is 17.3. The van der Waals surface area contributed by atoms with E-state index in [4.69, 9.17) is 0 Å². The molecule has 4 fully saturated rings. The summed E-state index contributed by atoms with van der Waals surface area (Å²) in [4.78, 5) is 0. The van der Waals surface area contributed by atoms with Gasteiger partial charge in [0.1, 0.15) is 5.83 Å². The molecule has 0 radical (unpaired) electrons. The molecule has 4 saturated carbocycles. The van der Waals surface area contributed by atoms with Gasteiger partial charge in [-0.15, -0.1) is 0 Å². The molecule has 0 unspecified atom stereocenters. The predicted molar refractivity (Wildman–Crippen MR) is 141 cm³/mol. The molecule has 0 heterocycles. The van der Waals surface area contributed by atoms with Gasteiger partial charge in [0.25, 0.3) is 0 Å². The van der Waals surface area contributed by atoms with E-state index in [-0.39, 0.29) is 6.08 Å². The molecule has 0 atom stereocenters. The maximum atomic E-state index is 14.0. The average molecular weight is 513 g/mol. The number of alkyl halides is 3. The molecule has 0 N–H and O–H groups in total. The van der Waals surface area contributed by atoms with Crippen molar-refractivity contribution in [2.75, 3.05) is 0 Å². The average Bonchev–Trinajstić information content (AvgIpc) is 2.89. The highest BCUT2D eigenvalue weighted by Crippen LogP contribution is 2.49. The first-order valence-corrected chi connectivity index (χ1v) is 15.8. The zero-order valence-corrected chi connectivity index (χ0v) is 22.9. The Hall–Kier alpha value is -0.540. The summed E-state index contributed by atoms with van der Waals surface area (Å²) >= 11 is 0. The van der Waals surface area contributed by atoms with E-state index in [9.17, 15) is 17.6 Å². The van der Waals surface area contributed by atoms with Crippen molar-refractivity contribution in [3.05, 3.63) is 11.9 Å². The Bertz CT molecular complexity index is 650. The van der Waals surface area contributed by atoms with Crippen LogP contribution < -0.4 is 0 Å². The Morgan fingerprint density at radius 3 is 1.31 bits per heavy atom. The summed E-state index contributed by atoms with van der Waals surface area (Å²) in [6.45, 7) is 2.31. The van der Waals surface area contributed by atoms with E-state index >= 15 is 0 Å². The largest absolute Gasteiger partial charge is 0.412 e. The highest BCUT2D eigenvalue weighted by atomic mass is 19.4. The van der Waals surface area contributed by atoms with E-state index in [2.05, 4.69) is 6.92 Å². The Balaban J connectivity index is 1.12. The van der Waals surface area contributed by atoms with Gasteiger partial charge in [-0.05, 0) is 131 Å². The van der Waals surface area contributed by atoms with Gasteiger partial charge < -0.3 is 0 Å². The number of allylic oxidation sites excluding steroid dienone is 2. The minimum Gasteiger partial charge on any atom is -0.212 e. The first-order valence-electron chi connectivity index (χ1n) is 15.8. The van der Waals surface area contributed by atoms with Gasteiger partial charge in [-0.3, -0.25) is 0 Å². The molecule has 0 aromatic carbocycles. The summed E-state index contributed by atoms with van der Waals surface area (Å²) in [5.41, 5.74) is 0. The van der Waals surface area contributed by atoms with Crippen LogP contribution in [0.5, 0.6) is 0 Å².